The Morgan fingerprint density at radius 1 is 1.23 bits per heavy atom. The summed E-state index contributed by atoms with van der Waals surface area (Å²) >= 11 is 0. The van der Waals surface area contributed by atoms with Crippen LogP contribution in [-0.2, 0) is 5.41 Å². The van der Waals surface area contributed by atoms with Gasteiger partial charge in [0, 0.05) is 11.8 Å². The van der Waals surface area contributed by atoms with Gasteiger partial charge >= 0.3 is 11.9 Å². The number of para-hydroxylation sites is 1. The van der Waals surface area contributed by atoms with E-state index in [1.165, 1.54) is 17.9 Å². The van der Waals surface area contributed by atoms with Crippen LogP contribution in [0.2, 0.25) is 0 Å². The lowest BCUT2D eigenvalue weighted by Crippen LogP contribution is -2.92. The number of hydrogen-bond donors (Lipinski definition) is 9. The number of carbonyl (C=O) groups excluding carboxylic acids is 2. The lowest BCUT2D eigenvalue weighted by atomic mass is 9.79. The van der Waals surface area contributed by atoms with Gasteiger partial charge < -0.3 is 30.3 Å². The van der Waals surface area contributed by atoms with Crippen LogP contribution in [0, 0.1) is 0 Å². The van der Waals surface area contributed by atoms with Gasteiger partial charge in [0.15, 0.2) is 11.7 Å². The van der Waals surface area contributed by atoms with Gasteiger partial charge in [-0.3, -0.25) is 31.4 Å². The van der Waals surface area contributed by atoms with Gasteiger partial charge in [0.25, 0.3) is 23.3 Å². The SMILES string of the molecule is COc1cccnc1C(=O)NC[C@@H]1NC(N)=[N+]2CC(NC(=O)c3cccc4c3OCCC4(C)C)C(O)(O)[C@@]23NC(N)=[NH+][C@@H]13. The summed E-state index contributed by atoms with van der Waals surface area (Å²) in [6, 6.07) is 5.93. The van der Waals surface area contributed by atoms with Gasteiger partial charge in [-0.25, -0.2) is 14.9 Å². The van der Waals surface area contributed by atoms with Crippen molar-refractivity contribution in [2.45, 2.75) is 55.3 Å². The molecule has 1 spiro atoms. The molecular weight excluding hydrogens is 558 g/mol. The van der Waals surface area contributed by atoms with Crippen LogP contribution in [0.5, 0.6) is 11.5 Å². The van der Waals surface area contributed by atoms with E-state index in [0.29, 0.717) is 23.7 Å². The number of methoxy groups -OCH3 is 1. The number of carbonyl (C=O) groups is 2. The monoisotopic (exact) mass is 595 g/mol. The predicted molar refractivity (Wildman–Crippen MR) is 152 cm³/mol. The predicted octanol–water partition coefficient (Wildman–Crippen LogP) is -4.26. The van der Waals surface area contributed by atoms with Crippen LogP contribution in [0.15, 0.2) is 36.5 Å². The van der Waals surface area contributed by atoms with Crippen LogP contribution in [0.25, 0.3) is 0 Å². The molecule has 4 aliphatic heterocycles. The van der Waals surface area contributed by atoms with Crippen molar-refractivity contribution in [2.24, 2.45) is 11.5 Å². The number of ether oxygens (including phenoxy) is 2. The van der Waals surface area contributed by atoms with E-state index in [4.69, 9.17) is 20.9 Å². The quantitative estimate of drug-likeness (QED) is 0.115. The van der Waals surface area contributed by atoms with Crippen molar-refractivity contribution < 1.29 is 38.8 Å². The van der Waals surface area contributed by atoms with Crippen molar-refractivity contribution in [3.8, 4) is 11.5 Å². The summed E-state index contributed by atoms with van der Waals surface area (Å²) < 4.78 is 12.7. The zero-order valence-corrected chi connectivity index (χ0v) is 24.1. The fourth-order valence-corrected chi connectivity index (χ4v) is 6.61. The number of fused-ring (bicyclic) bond motifs is 1. The number of benzene rings is 1. The zero-order valence-electron chi connectivity index (χ0n) is 24.1. The number of hydrogen-bond acceptors (Lipinski definition) is 11. The minimum absolute atomic E-state index is 0.00212. The summed E-state index contributed by atoms with van der Waals surface area (Å²) in [5.74, 6) is -2.66. The van der Waals surface area contributed by atoms with Crippen LogP contribution in [0.1, 0.15) is 46.7 Å². The van der Waals surface area contributed by atoms with Crippen LogP contribution >= 0.6 is 0 Å². The van der Waals surface area contributed by atoms with E-state index in [1.807, 2.05) is 6.07 Å². The minimum Gasteiger partial charge on any atom is -0.494 e. The highest BCUT2D eigenvalue weighted by atomic mass is 16.5. The number of nitrogens with zero attached hydrogens (tertiary/aromatic N) is 2. The van der Waals surface area contributed by atoms with Gasteiger partial charge in [-0.1, -0.05) is 26.0 Å². The summed E-state index contributed by atoms with van der Waals surface area (Å²) in [6.45, 7) is 4.57. The number of nitrogens with two attached hydrogens (primary N) is 2. The largest absolute Gasteiger partial charge is 0.494 e. The molecule has 11 N–H and O–H groups in total. The molecule has 4 aliphatic rings. The van der Waals surface area contributed by atoms with Crippen molar-refractivity contribution in [1.82, 2.24) is 26.3 Å². The maximum atomic E-state index is 13.6. The van der Waals surface area contributed by atoms with Gasteiger partial charge in [0.1, 0.15) is 23.6 Å². The Kier molecular flexibility index (Phi) is 6.61. The van der Waals surface area contributed by atoms with Crippen molar-refractivity contribution in [3.05, 3.63) is 53.3 Å². The molecule has 4 atom stereocenters. The summed E-state index contributed by atoms with van der Waals surface area (Å²) in [5, 5.41) is 35.3. The third-order valence-corrected chi connectivity index (χ3v) is 8.91. The number of pyridine rings is 1. The van der Waals surface area contributed by atoms with Crippen molar-refractivity contribution >= 4 is 23.7 Å². The Hall–Kier alpha value is -4.63. The number of rotatable bonds is 6. The maximum Gasteiger partial charge on any atom is 0.347 e. The van der Waals surface area contributed by atoms with E-state index in [9.17, 15) is 19.8 Å². The van der Waals surface area contributed by atoms with Crippen molar-refractivity contribution in [2.75, 3.05) is 26.8 Å². The Balaban J connectivity index is 1.26. The van der Waals surface area contributed by atoms with Gasteiger partial charge in [0.2, 0.25) is 0 Å². The van der Waals surface area contributed by atoms with E-state index in [-0.39, 0.29) is 36.1 Å². The Bertz CT molecular complexity index is 1560. The first-order valence-electron chi connectivity index (χ1n) is 14.0. The molecule has 1 unspecified atom stereocenters. The van der Waals surface area contributed by atoms with Crippen LogP contribution in [-0.4, -0.2) is 99.9 Å². The minimum atomic E-state index is -2.59. The zero-order chi connectivity index (χ0) is 30.7. The lowest BCUT2D eigenvalue weighted by molar-refractivity contribution is -0.674. The fraction of sp³-hybridized carbons (Fsp3) is 0.464. The molecular formula is C28H37N9O6+2. The van der Waals surface area contributed by atoms with Gasteiger partial charge in [0.05, 0.1) is 32.4 Å². The molecule has 0 saturated carbocycles. The van der Waals surface area contributed by atoms with Gasteiger partial charge in [-0.05, 0) is 30.0 Å². The van der Waals surface area contributed by atoms with E-state index < -0.39 is 41.4 Å². The maximum absolute atomic E-state index is 13.6. The fourth-order valence-electron chi connectivity index (χ4n) is 6.61. The smallest absolute Gasteiger partial charge is 0.347 e. The topological polar surface area (TPSA) is 223 Å². The van der Waals surface area contributed by atoms with Crippen LogP contribution in [0.3, 0.4) is 0 Å². The van der Waals surface area contributed by atoms with Crippen molar-refractivity contribution in [1.29, 1.82) is 0 Å². The van der Waals surface area contributed by atoms with Crippen LogP contribution < -0.4 is 47.2 Å². The number of guanidine groups is 2. The third kappa shape index (κ3) is 4.29. The second kappa shape index (κ2) is 9.98. The first kappa shape index (κ1) is 28.5. The molecule has 1 aromatic carbocycles. The Morgan fingerprint density at radius 2 is 2.02 bits per heavy atom. The normalized spacial score (nSPS) is 27.7. The number of nitrogens with one attached hydrogen (secondary N) is 5. The van der Waals surface area contributed by atoms with E-state index in [1.54, 1.807) is 24.3 Å². The summed E-state index contributed by atoms with van der Waals surface area (Å²) in [4.78, 5) is 33.7. The summed E-state index contributed by atoms with van der Waals surface area (Å²) in [7, 11) is 1.44. The molecule has 15 nitrogen and oxygen atoms in total. The average molecular weight is 596 g/mol. The molecule has 6 rings (SSSR count). The molecule has 0 aliphatic carbocycles. The Labute approximate surface area is 247 Å². The first-order valence-corrected chi connectivity index (χ1v) is 14.0. The lowest BCUT2D eigenvalue weighted by Gasteiger charge is -2.41. The second-order valence-corrected chi connectivity index (χ2v) is 11.9. The highest BCUT2D eigenvalue weighted by molar-refractivity contribution is 5.98. The highest BCUT2D eigenvalue weighted by Gasteiger charge is 2.78. The van der Waals surface area contributed by atoms with Gasteiger partial charge in [-0.2, -0.15) is 0 Å². The number of aliphatic hydroxyl groups is 2. The number of amides is 2. The molecule has 15 heteroatoms. The molecule has 1 fully saturated rings. The first-order chi connectivity index (χ1) is 20.4. The van der Waals surface area contributed by atoms with Gasteiger partial charge in [-0.15, -0.1) is 0 Å². The van der Waals surface area contributed by atoms with E-state index in [2.05, 4.69) is 45.1 Å². The number of aromatic nitrogens is 1. The molecule has 1 saturated heterocycles. The molecule has 2 aromatic rings. The Morgan fingerprint density at radius 3 is 2.79 bits per heavy atom. The molecule has 0 bridgehead atoms. The molecule has 1 aromatic heterocycles. The van der Waals surface area contributed by atoms with E-state index in [0.717, 1.165) is 12.0 Å². The second-order valence-electron chi connectivity index (χ2n) is 11.9. The third-order valence-electron chi connectivity index (χ3n) is 8.91. The average Bonchev–Trinajstić information content (AvgIpc) is 3.44. The van der Waals surface area contributed by atoms with Crippen LogP contribution in [0.4, 0.5) is 0 Å². The summed E-state index contributed by atoms with van der Waals surface area (Å²) in [6.07, 6.45) is 2.28. The van der Waals surface area contributed by atoms with E-state index >= 15 is 0 Å². The van der Waals surface area contributed by atoms with Crippen molar-refractivity contribution in [3.63, 3.8) is 0 Å². The molecule has 2 amide bonds. The molecule has 5 heterocycles. The molecule has 0 radical (unpaired) electrons. The highest BCUT2D eigenvalue weighted by Crippen LogP contribution is 2.41. The standard InChI is InChI=1S/C28H35N9O6/c1-26(2)9-11-43-20-14(6-4-7-15(20)26)22(38)34-18-13-37-25(30)33-16(21-27(37,28(18,40)41)36-24(29)35-21)12-32-23(39)19-17(42-3)8-5-10-31-19/h4-8,10,16,18,21,40-41H,9,11-13H2,1-3H3,(H7,29,30,32,33,34,35,36,38,39)/p+2/t16-,18?,21-,27-/m0/s1. The molecule has 228 valence electrons. The molecule has 43 heavy (non-hydrogen) atoms. The summed E-state index contributed by atoms with van der Waals surface area (Å²) in [5.41, 5.74) is 12.0.